The van der Waals surface area contributed by atoms with Crippen molar-refractivity contribution in [2.45, 2.75) is 0 Å². The van der Waals surface area contributed by atoms with Gasteiger partial charge < -0.3 is 5.32 Å². The topological polar surface area (TPSA) is 29.1 Å². The molecule has 0 fully saturated rings. The number of halogens is 3. The lowest BCUT2D eigenvalue weighted by Gasteiger charge is -2.03. The Morgan fingerprint density at radius 2 is 1.80 bits per heavy atom. The molecule has 0 bridgehead atoms. The van der Waals surface area contributed by atoms with E-state index in [-0.39, 0.29) is 11.6 Å². The van der Waals surface area contributed by atoms with Crippen LogP contribution in [-0.2, 0) is 0 Å². The Morgan fingerprint density at radius 1 is 1.10 bits per heavy atom. The third-order valence-electron chi connectivity index (χ3n) is 2.53. The maximum absolute atomic E-state index is 12.7. The molecule has 0 saturated heterocycles. The second-order valence-corrected chi connectivity index (χ2v) is 4.82. The highest BCUT2D eigenvalue weighted by Gasteiger charge is 2.02. The molecule has 0 unspecified atom stereocenters. The molecule has 0 amide bonds. The van der Waals surface area contributed by atoms with Gasteiger partial charge in [-0.25, -0.2) is 4.39 Å². The normalized spacial score (nSPS) is 10.8. The number of hydrogen-bond acceptors (Lipinski definition) is 2. The van der Waals surface area contributed by atoms with Gasteiger partial charge >= 0.3 is 0 Å². The number of carbonyl (C=O) groups is 1. The van der Waals surface area contributed by atoms with Crippen LogP contribution in [0.3, 0.4) is 0 Å². The standard InChI is InChI=1S/C15H10Cl2FNO/c16-11-3-6-14(13(17)9-11)19-8-7-15(20)10-1-4-12(18)5-2-10/h1-9,19H/b8-7+. The summed E-state index contributed by atoms with van der Waals surface area (Å²) in [6.45, 7) is 0. The van der Waals surface area contributed by atoms with Crippen molar-refractivity contribution in [1.82, 2.24) is 0 Å². The van der Waals surface area contributed by atoms with Crippen molar-refractivity contribution in [1.29, 1.82) is 0 Å². The Hall–Kier alpha value is -1.84. The number of anilines is 1. The highest BCUT2D eigenvalue weighted by atomic mass is 35.5. The minimum absolute atomic E-state index is 0.234. The number of rotatable bonds is 4. The highest BCUT2D eigenvalue weighted by Crippen LogP contribution is 2.25. The molecular weight excluding hydrogens is 300 g/mol. The number of benzene rings is 2. The zero-order valence-electron chi connectivity index (χ0n) is 10.2. The monoisotopic (exact) mass is 309 g/mol. The van der Waals surface area contributed by atoms with Gasteiger partial charge in [-0.2, -0.15) is 0 Å². The Morgan fingerprint density at radius 3 is 2.45 bits per heavy atom. The van der Waals surface area contributed by atoms with Crippen molar-refractivity contribution in [2.75, 3.05) is 5.32 Å². The van der Waals surface area contributed by atoms with Crippen LogP contribution in [0.2, 0.25) is 10.0 Å². The maximum atomic E-state index is 12.7. The zero-order chi connectivity index (χ0) is 14.5. The smallest absolute Gasteiger partial charge is 0.187 e. The first-order valence-corrected chi connectivity index (χ1v) is 6.50. The van der Waals surface area contributed by atoms with Crippen LogP contribution in [0, 0.1) is 5.82 Å². The van der Waals surface area contributed by atoms with E-state index >= 15 is 0 Å². The first-order chi connectivity index (χ1) is 9.56. The molecular formula is C15H10Cl2FNO. The minimum atomic E-state index is -0.378. The molecule has 0 spiro atoms. The van der Waals surface area contributed by atoms with Gasteiger partial charge in [0.2, 0.25) is 0 Å². The van der Waals surface area contributed by atoms with Crippen LogP contribution in [0.4, 0.5) is 10.1 Å². The Balaban J connectivity index is 2.02. The minimum Gasteiger partial charge on any atom is -0.360 e. The van der Waals surface area contributed by atoms with Crippen LogP contribution >= 0.6 is 23.2 Å². The average Bonchev–Trinajstić information content (AvgIpc) is 2.42. The number of hydrogen-bond donors (Lipinski definition) is 1. The van der Waals surface area contributed by atoms with Crippen molar-refractivity contribution >= 4 is 34.7 Å². The van der Waals surface area contributed by atoms with Crippen LogP contribution in [-0.4, -0.2) is 5.78 Å². The van der Waals surface area contributed by atoms with Crippen LogP contribution in [0.25, 0.3) is 0 Å². The molecule has 2 nitrogen and oxygen atoms in total. The molecule has 5 heteroatoms. The second kappa shape index (κ2) is 6.55. The molecule has 2 aromatic rings. The summed E-state index contributed by atoms with van der Waals surface area (Å²) in [4.78, 5) is 11.8. The molecule has 0 aromatic heterocycles. The summed E-state index contributed by atoms with van der Waals surface area (Å²) in [7, 11) is 0. The van der Waals surface area contributed by atoms with Crippen molar-refractivity contribution in [3.05, 3.63) is 76.2 Å². The van der Waals surface area contributed by atoms with Gasteiger partial charge in [-0.15, -0.1) is 0 Å². The fourth-order valence-electron chi connectivity index (χ4n) is 1.52. The van der Waals surface area contributed by atoms with Gasteiger partial charge in [-0.1, -0.05) is 23.2 Å². The van der Waals surface area contributed by atoms with Crippen molar-refractivity contribution in [3.8, 4) is 0 Å². The molecule has 1 N–H and O–H groups in total. The molecule has 0 aliphatic heterocycles. The van der Waals surface area contributed by atoms with E-state index in [1.807, 2.05) is 0 Å². The lowest BCUT2D eigenvalue weighted by Crippen LogP contribution is -1.96. The van der Waals surface area contributed by atoms with Crippen LogP contribution in [0.5, 0.6) is 0 Å². The molecule has 102 valence electrons. The van der Waals surface area contributed by atoms with Crippen LogP contribution in [0.1, 0.15) is 10.4 Å². The number of ketones is 1. The van der Waals surface area contributed by atoms with Gasteiger partial charge in [0.05, 0.1) is 10.7 Å². The number of nitrogens with one attached hydrogen (secondary N) is 1. The lowest BCUT2D eigenvalue weighted by molar-refractivity contribution is 0.104. The van der Waals surface area contributed by atoms with Crippen molar-refractivity contribution in [2.24, 2.45) is 0 Å². The molecule has 2 aromatic carbocycles. The number of carbonyl (C=O) groups excluding carboxylic acids is 1. The summed E-state index contributed by atoms with van der Waals surface area (Å²) in [5.74, 6) is -0.612. The van der Waals surface area contributed by atoms with Crippen LogP contribution in [0.15, 0.2) is 54.7 Å². The molecule has 0 aliphatic carbocycles. The average molecular weight is 310 g/mol. The van der Waals surface area contributed by atoms with Gasteiger partial charge in [0, 0.05) is 22.9 Å². The summed E-state index contributed by atoms with van der Waals surface area (Å²) in [5.41, 5.74) is 1.05. The van der Waals surface area contributed by atoms with E-state index in [0.717, 1.165) is 0 Å². The molecule has 20 heavy (non-hydrogen) atoms. The van der Waals surface area contributed by atoms with Crippen molar-refractivity contribution < 1.29 is 9.18 Å². The summed E-state index contributed by atoms with van der Waals surface area (Å²) >= 11 is 11.8. The summed E-state index contributed by atoms with van der Waals surface area (Å²) in [6.07, 6.45) is 2.82. The van der Waals surface area contributed by atoms with E-state index in [2.05, 4.69) is 5.32 Å². The van der Waals surface area contributed by atoms with E-state index in [4.69, 9.17) is 23.2 Å². The zero-order valence-corrected chi connectivity index (χ0v) is 11.8. The molecule has 0 radical (unpaired) electrons. The van der Waals surface area contributed by atoms with Crippen LogP contribution < -0.4 is 5.32 Å². The third-order valence-corrected chi connectivity index (χ3v) is 3.08. The van der Waals surface area contributed by atoms with Gasteiger partial charge in [0.1, 0.15) is 5.82 Å². The molecule has 0 aliphatic rings. The third kappa shape index (κ3) is 3.83. The maximum Gasteiger partial charge on any atom is 0.187 e. The van der Waals surface area contributed by atoms with E-state index < -0.39 is 0 Å². The fraction of sp³-hybridized carbons (Fsp3) is 0. The van der Waals surface area contributed by atoms with Crippen molar-refractivity contribution in [3.63, 3.8) is 0 Å². The summed E-state index contributed by atoms with van der Waals surface area (Å²) in [6, 6.07) is 10.3. The first kappa shape index (κ1) is 14.6. The molecule has 0 heterocycles. The predicted octanol–water partition coefficient (Wildman–Crippen LogP) is 4.94. The fourth-order valence-corrected chi connectivity index (χ4v) is 1.99. The highest BCUT2D eigenvalue weighted by molar-refractivity contribution is 6.36. The largest absolute Gasteiger partial charge is 0.360 e. The first-order valence-electron chi connectivity index (χ1n) is 5.74. The Bertz CT molecular complexity index is 653. The van der Waals surface area contributed by atoms with E-state index in [1.54, 1.807) is 18.2 Å². The van der Waals surface area contributed by atoms with Gasteiger partial charge in [-0.05, 0) is 42.5 Å². The second-order valence-electron chi connectivity index (χ2n) is 3.97. The SMILES string of the molecule is O=C(/C=C/Nc1ccc(Cl)cc1Cl)c1ccc(F)cc1. The Kier molecular flexibility index (Phi) is 4.77. The van der Waals surface area contributed by atoms with Gasteiger partial charge in [-0.3, -0.25) is 4.79 Å². The number of allylic oxidation sites excluding steroid dienone is 1. The van der Waals surface area contributed by atoms with E-state index in [1.165, 1.54) is 36.5 Å². The van der Waals surface area contributed by atoms with E-state index in [9.17, 15) is 9.18 Å². The molecule has 0 saturated carbocycles. The summed E-state index contributed by atoms with van der Waals surface area (Å²) < 4.78 is 12.7. The molecule has 0 atom stereocenters. The van der Waals surface area contributed by atoms with E-state index in [0.29, 0.717) is 21.3 Å². The van der Waals surface area contributed by atoms with Gasteiger partial charge in [0.15, 0.2) is 5.78 Å². The predicted molar refractivity (Wildman–Crippen MR) is 80.0 cm³/mol. The quantitative estimate of drug-likeness (QED) is 0.640. The van der Waals surface area contributed by atoms with Gasteiger partial charge in [0.25, 0.3) is 0 Å². The Labute approximate surface area is 125 Å². The lowest BCUT2D eigenvalue weighted by atomic mass is 10.1. The molecule has 2 rings (SSSR count). The summed E-state index contributed by atoms with van der Waals surface area (Å²) in [5, 5.41) is 3.88.